The van der Waals surface area contributed by atoms with E-state index in [1.807, 2.05) is 24.3 Å². The number of benzene rings is 1. The fraction of sp³-hybridized carbons (Fsp3) is 0.438. The van der Waals surface area contributed by atoms with Gasteiger partial charge in [-0.2, -0.15) is 0 Å². The van der Waals surface area contributed by atoms with Gasteiger partial charge >= 0.3 is 6.03 Å². The van der Waals surface area contributed by atoms with Gasteiger partial charge in [0, 0.05) is 25.2 Å². The lowest BCUT2D eigenvalue weighted by molar-refractivity contribution is -0.139. The number of hydrogen-bond acceptors (Lipinski definition) is 5. The lowest BCUT2D eigenvalue weighted by Crippen LogP contribution is -2.52. The lowest BCUT2D eigenvalue weighted by atomic mass is 10.0. The smallest absolute Gasteiger partial charge is 0.325 e. The van der Waals surface area contributed by atoms with E-state index in [4.69, 9.17) is 4.74 Å². The van der Waals surface area contributed by atoms with Crippen molar-refractivity contribution in [2.75, 3.05) is 39.8 Å². The molecule has 0 unspecified atom stereocenters. The number of rotatable bonds is 4. The molecule has 1 aromatic rings. The Hall–Kier alpha value is -2.61. The number of carbonyl (C=O) groups excluding carboxylic acids is 3. The van der Waals surface area contributed by atoms with Gasteiger partial charge in [0.15, 0.2) is 0 Å². The summed E-state index contributed by atoms with van der Waals surface area (Å²) in [5.74, 6) is 0.0779. The maximum atomic E-state index is 12.7. The quantitative estimate of drug-likeness (QED) is 0.740. The molecule has 0 saturated carbocycles. The van der Waals surface area contributed by atoms with Crippen LogP contribution in [0.3, 0.4) is 0 Å². The molecule has 2 heterocycles. The Labute approximate surface area is 139 Å². The van der Waals surface area contributed by atoms with Crippen molar-refractivity contribution >= 4 is 17.8 Å². The summed E-state index contributed by atoms with van der Waals surface area (Å²) < 4.78 is 5.40. The Balaban J connectivity index is 1.80. The Kier molecular flexibility index (Phi) is 4.66. The van der Waals surface area contributed by atoms with Crippen molar-refractivity contribution in [1.29, 1.82) is 0 Å². The molecule has 2 aliphatic heterocycles. The number of carbonyl (C=O) groups is 3. The first-order valence-electron chi connectivity index (χ1n) is 7.83. The largest absolute Gasteiger partial charge is 0.496 e. The number of imide groups is 1. The van der Waals surface area contributed by atoms with Crippen LogP contribution in [0.15, 0.2) is 24.3 Å². The Morgan fingerprint density at radius 2 is 2.12 bits per heavy atom. The fourth-order valence-electron chi connectivity index (χ4n) is 3.06. The summed E-state index contributed by atoms with van der Waals surface area (Å²) in [4.78, 5) is 38.7. The monoisotopic (exact) mass is 332 g/mol. The molecule has 0 spiro atoms. The maximum absolute atomic E-state index is 12.7. The molecule has 0 bridgehead atoms. The van der Waals surface area contributed by atoms with Gasteiger partial charge in [-0.25, -0.2) is 4.79 Å². The van der Waals surface area contributed by atoms with Crippen molar-refractivity contribution in [3.8, 4) is 5.75 Å². The SMILES string of the molecule is COc1ccccc1[C@@H]1CNCCN1C(=O)CN1C(=O)CNC1=O. The predicted molar refractivity (Wildman–Crippen MR) is 85.4 cm³/mol. The molecule has 2 fully saturated rings. The van der Waals surface area contributed by atoms with E-state index in [9.17, 15) is 14.4 Å². The minimum Gasteiger partial charge on any atom is -0.496 e. The van der Waals surface area contributed by atoms with Gasteiger partial charge in [-0.1, -0.05) is 18.2 Å². The van der Waals surface area contributed by atoms with Gasteiger partial charge < -0.3 is 20.3 Å². The van der Waals surface area contributed by atoms with Gasteiger partial charge in [0.1, 0.15) is 12.3 Å². The summed E-state index contributed by atoms with van der Waals surface area (Å²) >= 11 is 0. The topological polar surface area (TPSA) is 91.0 Å². The molecular weight excluding hydrogens is 312 g/mol. The highest BCUT2D eigenvalue weighted by Gasteiger charge is 2.35. The summed E-state index contributed by atoms with van der Waals surface area (Å²) in [6.07, 6.45) is 0. The summed E-state index contributed by atoms with van der Waals surface area (Å²) in [6.45, 7) is 1.47. The van der Waals surface area contributed by atoms with E-state index >= 15 is 0 Å². The Bertz CT molecular complexity index is 647. The molecular formula is C16H20N4O4. The number of piperazine rings is 1. The van der Waals surface area contributed by atoms with Crippen LogP contribution in [-0.2, 0) is 9.59 Å². The molecule has 2 N–H and O–H groups in total. The molecule has 1 aromatic carbocycles. The molecule has 2 saturated heterocycles. The highest BCUT2D eigenvalue weighted by atomic mass is 16.5. The van der Waals surface area contributed by atoms with E-state index in [0.29, 0.717) is 25.4 Å². The minimum absolute atomic E-state index is 0.0520. The first kappa shape index (κ1) is 16.3. The Morgan fingerprint density at radius 1 is 1.33 bits per heavy atom. The third kappa shape index (κ3) is 3.05. The summed E-state index contributed by atoms with van der Waals surface area (Å²) in [5, 5.41) is 5.69. The van der Waals surface area contributed by atoms with Gasteiger partial charge in [-0.3, -0.25) is 14.5 Å². The van der Waals surface area contributed by atoms with Crippen LogP contribution in [0.5, 0.6) is 5.75 Å². The van der Waals surface area contributed by atoms with Crippen LogP contribution < -0.4 is 15.4 Å². The molecule has 0 radical (unpaired) electrons. The van der Waals surface area contributed by atoms with E-state index < -0.39 is 6.03 Å². The highest BCUT2D eigenvalue weighted by molar-refractivity contribution is 6.04. The second kappa shape index (κ2) is 6.88. The third-order valence-electron chi connectivity index (χ3n) is 4.29. The molecule has 0 aliphatic carbocycles. The minimum atomic E-state index is -0.516. The Morgan fingerprint density at radius 3 is 2.83 bits per heavy atom. The molecule has 8 heteroatoms. The lowest BCUT2D eigenvalue weighted by Gasteiger charge is -2.37. The van der Waals surface area contributed by atoms with Crippen molar-refractivity contribution in [3.63, 3.8) is 0 Å². The molecule has 0 aromatic heterocycles. The number of amides is 4. The van der Waals surface area contributed by atoms with Crippen LogP contribution in [0.4, 0.5) is 4.79 Å². The third-order valence-corrected chi connectivity index (χ3v) is 4.29. The average molecular weight is 332 g/mol. The van der Waals surface area contributed by atoms with Crippen molar-refractivity contribution in [3.05, 3.63) is 29.8 Å². The van der Waals surface area contributed by atoms with Crippen LogP contribution in [-0.4, -0.2) is 67.5 Å². The van der Waals surface area contributed by atoms with E-state index in [1.54, 1.807) is 12.0 Å². The number of para-hydroxylation sites is 1. The zero-order chi connectivity index (χ0) is 17.1. The van der Waals surface area contributed by atoms with Crippen LogP contribution in [0, 0.1) is 0 Å². The summed E-state index contributed by atoms with van der Waals surface area (Å²) in [6, 6.07) is 6.82. The van der Waals surface area contributed by atoms with Gasteiger partial charge in [-0.15, -0.1) is 0 Å². The van der Waals surface area contributed by atoms with Gasteiger partial charge in [0.2, 0.25) is 5.91 Å². The predicted octanol–water partition coefficient (Wildman–Crippen LogP) is -0.280. The average Bonchev–Trinajstić information content (AvgIpc) is 2.93. The van der Waals surface area contributed by atoms with E-state index in [2.05, 4.69) is 10.6 Å². The van der Waals surface area contributed by atoms with Crippen LogP contribution in [0.2, 0.25) is 0 Å². The first-order valence-corrected chi connectivity index (χ1v) is 7.83. The van der Waals surface area contributed by atoms with Crippen LogP contribution in [0.1, 0.15) is 11.6 Å². The first-order chi connectivity index (χ1) is 11.6. The normalized spacial score (nSPS) is 21.0. The molecule has 3 rings (SSSR count). The number of nitrogens with zero attached hydrogens (tertiary/aromatic N) is 2. The van der Waals surface area contributed by atoms with Crippen molar-refractivity contribution in [2.24, 2.45) is 0 Å². The molecule has 2 aliphatic rings. The molecule has 8 nitrogen and oxygen atoms in total. The molecule has 1 atom stereocenters. The second-order valence-electron chi connectivity index (χ2n) is 5.69. The molecule has 128 valence electrons. The van der Waals surface area contributed by atoms with Crippen molar-refractivity contribution < 1.29 is 19.1 Å². The maximum Gasteiger partial charge on any atom is 0.325 e. The fourth-order valence-corrected chi connectivity index (χ4v) is 3.06. The molecule has 4 amide bonds. The summed E-state index contributed by atoms with van der Waals surface area (Å²) in [5.41, 5.74) is 0.901. The standard InChI is InChI=1S/C16H20N4O4/c1-24-13-5-3-2-4-11(13)12-8-17-6-7-19(12)15(22)10-20-14(21)9-18-16(20)23/h2-5,12,17H,6-10H2,1H3,(H,18,23)/t12-/m0/s1. The van der Waals surface area contributed by atoms with Gasteiger partial charge in [-0.05, 0) is 6.07 Å². The number of hydrogen-bond donors (Lipinski definition) is 2. The van der Waals surface area contributed by atoms with Crippen LogP contribution in [0.25, 0.3) is 0 Å². The van der Waals surface area contributed by atoms with E-state index in [1.165, 1.54) is 0 Å². The van der Waals surface area contributed by atoms with E-state index in [-0.39, 0.29) is 30.9 Å². The van der Waals surface area contributed by atoms with Crippen LogP contribution >= 0.6 is 0 Å². The highest BCUT2D eigenvalue weighted by Crippen LogP contribution is 2.30. The number of methoxy groups -OCH3 is 1. The zero-order valence-electron chi connectivity index (χ0n) is 13.4. The van der Waals surface area contributed by atoms with Crippen molar-refractivity contribution in [1.82, 2.24) is 20.4 Å². The van der Waals surface area contributed by atoms with Gasteiger partial charge in [0.25, 0.3) is 5.91 Å². The summed E-state index contributed by atoms with van der Waals surface area (Å²) in [7, 11) is 1.59. The van der Waals surface area contributed by atoms with Crippen molar-refractivity contribution in [2.45, 2.75) is 6.04 Å². The number of urea groups is 1. The number of nitrogens with one attached hydrogen (secondary N) is 2. The molecule has 24 heavy (non-hydrogen) atoms. The van der Waals surface area contributed by atoms with Gasteiger partial charge in [0.05, 0.1) is 19.7 Å². The number of ether oxygens (including phenoxy) is 1. The second-order valence-corrected chi connectivity index (χ2v) is 5.69. The zero-order valence-corrected chi connectivity index (χ0v) is 13.4. The van der Waals surface area contributed by atoms with E-state index in [0.717, 1.165) is 10.5 Å².